The van der Waals surface area contributed by atoms with Gasteiger partial charge in [0.05, 0.1) is 43.5 Å². The highest BCUT2D eigenvalue weighted by Crippen LogP contribution is 2.62. The zero-order valence-corrected chi connectivity index (χ0v) is 29.2. The van der Waals surface area contributed by atoms with Gasteiger partial charge in [0.25, 0.3) is 5.91 Å². The van der Waals surface area contributed by atoms with Crippen LogP contribution in [0.3, 0.4) is 0 Å². The number of aliphatic hydroxyl groups excluding tert-OH is 3. The Morgan fingerprint density at radius 3 is 2.68 bits per heavy atom. The highest BCUT2D eigenvalue weighted by molar-refractivity contribution is 5.91. The van der Waals surface area contributed by atoms with E-state index >= 15 is 0 Å². The molecule has 286 valence electrons. The second kappa shape index (κ2) is 15.0. The van der Waals surface area contributed by atoms with Crippen molar-refractivity contribution < 1.29 is 47.9 Å². The number of ether oxygens (including phenoxy) is 2. The number of hydrogen-bond acceptors (Lipinski definition) is 12. The molecule has 13 nitrogen and oxygen atoms in total. The number of phenolic OH excluding ortho intramolecular Hbond substituents is 1. The van der Waals surface area contributed by atoms with Crippen molar-refractivity contribution in [2.75, 3.05) is 25.1 Å². The van der Waals surface area contributed by atoms with Gasteiger partial charge in [-0.15, -0.1) is 0 Å². The Morgan fingerprint density at radius 1 is 1.08 bits per heavy atom. The second-order valence-electron chi connectivity index (χ2n) is 15.1. The summed E-state index contributed by atoms with van der Waals surface area (Å²) in [5.74, 6) is 1.37. The number of aliphatic hydroxyl groups is 3. The number of benzene rings is 1. The number of carbonyl (C=O) groups excluding carboxylic acids is 1. The van der Waals surface area contributed by atoms with Crippen LogP contribution < -0.4 is 15.4 Å². The topological polar surface area (TPSA) is 192 Å². The van der Waals surface area contributed by atoms with E-state index in [1.807, 2.05) is 6.07 Å². The van der Waals surface area contributed by atoms with Gasteiger partial charge in [0.2, 0.25) is 5.88 Å². The summed E-state index contributed by atoms with van der Waals surface area (Å²) in [7, 11) is 0. The van der Waals surface area contributed by atoms with Crippen LogP contribution in [0.5, 0.6) is 11.6 Å². The van der Waals surface area contributed by atoms with Gasteiger partial charge >= 0.3 is 6.18 Å². The number of hydrogen-bond donors (Lipinski definition) is 6. The summed E-state index contributed by atoms with van der Waals surface area (Å²) in [4.78, 5) is 28.2. The van der Waals surface area contributed by atoms with E-state index in [1.54, 1.807) is 6.07 Å². The molecule has 0 bridgehead atoms. The molecule has 1 aliphatic heterocycles. The lowest BCUT2D eigenvalue weighted by molar-refractivity contribution is -0.150. The maximum absolute atomic E-state index is 13.0. The standard InChI is InChI=1S/C37H45F3N6O7/c1-36-9-8-23-22-5-4-21(47)12-20(22)11-19(32(23)24(36)6-7-29(36)48)3-2-10-42-35(51)25-13-44-31(16-43-25)53-18-27-34(50)33(49)26(17-52-27)45-30-15-41-14-28(46-30)37(38,39)40/h4-5,12-16,19,23-24,26-27,29,32-34,47-50H,2-3,6-11,17-18H2,1H3,(H,42,51)(H,45,46)/t19?,23?,24?,26-,27+,29-,32?,33+,34-,36-/m0/s1. The number of aromatic hydroxyl groups is 1. The number of anilines is 1. The second-order valence-corrected chi connectivity index (χ2v) is 15.1. The molecule has 4 aliphatic rings. The lowest BCUT2D eigenvalue weighted by Gasteiger charge is -2.53. The van der Waals surface area contributed by atoms with E-state index in [1.165, 1.54) is 23.5 Å². The number of nitrogens with one attached hydrogen (secondary N) is 2. The zero-order chi connectivity index (χ0) is 37.5. The number of phenols is 1. The normalized spacial score (nSPS) is 32.2. The smallest absolute Gasteiger partial charge is 0.434 e. The predicted octanol–water partition coefficient (Wildman–Crippen LogP) is 3.62. The number of alkyl halides is 3. The first kappa shape index (κ1) is 37.2. The monoisotopic (exact) mass is 742 g/mol. The minimum atomic E-state index is -4.69. The molecule has 3 aliphatic carbocycles. The van der Waals surface area contributed by atoms with Gasteiger partial charge in [0, 0.05) is 6.54 Å². The maximum atomic E-state index is 13.0. The van der Waals surface area contributed by atoms with Gasteiger partial charge in [0.1, 0.15) is 42.2 Å². The Balaban J connectivity index is 0.881. The summed E-state index contributed by atoms with van der Waals surface area (Å²) >= 11 is 0. The molecule has 2 saturated carbocycles. The van der Waals surface area contributed by atoms with E-state index in [2.05, 4.69) is 43.6 Å². The summed E-state index contributed by atoms with van der Waals surface area (Å²) in [6.45, 7) is 2.31. The molecule has 3 fully saturated rings. The van der Waals surface area contributed by atoms with Crippen LogP contribution in [0.2, 0.25) is 0 Å². The fourth-order valence-corrected chi connectivity index (χ4v) is 9.28. The summed E-state index contributed by atoms with van der Waals surface area (Å²) in [6, 6.07) is 4.80. The van der Waals surface area contributed by atoms with Crippen molar-refractivity contribution in [3.63, 3.8) is 0 Å². The van der Waals surface area contributed by atoms with Gasteiger partial charge in [-0.25, -0.2) is 15.0 Å². The van der Waals surface area contributed by atoms with E-state index in [0.717, 1.165) is 51.1 Å². The van der Waals surface area contributed by atoms with E-state index in [-0.39, 0.29) is 53.8 Å². The minimum Gasteiger partial charge on any atom is -0.508 e. The SMILES string of the molecule is C[C@]12CCC3c4ccc(O)cc4CC(CCCNC(=O)c4cnc(OC[C@H]5OC[C@H](Nc6cncc(C(F)(F)F)n6)[C@@H](O)[C@H]5O)cn4)C3C1CC[C@@H]2O. The third-order valence-electron chi connectivity index (χ3n) is 12.0. The van der Waals surface area contributed by atoms with Gasteiger partial charge in [-0.3, -0.25) is 9.78 Å². The van der Waals surface area contributed by atoms with Crippen molar-refractivity contribution in [3.05, 3.63) is 65.5 Å². The number of rotatable bonds is 10. The molecule has 1 amide bonds. The van der Waals surface area contributed by atoms with Crippen LogP contribution in [-0.4, -0.2) is 96.5 Å². The highest BCUT2D eigenvalue weighted by Gasteiger charge is 2.56. The summed E-state index contributed by atoms with van der Waals surface area (Å²) in [6.07, 6.45) is 1.76. The molecule has 4 unspecified atom stereocenters. The molecule has 53 heavy (non-hydrogen) atoms. The van der Waals surface area contributed by atoms with Crippen LogP contribution >= 0.6 is 0 Å². The third-order valence-corrected chi connectivity index (χ3v) is 12.0. The average molecular weight is 743 g/mol. The van der Waals surface area contributed by atoms with Gasteiger partial charge < -0.3 is 40.5 Å². The van der Waals surface area contributed by atoms with Crippen LogP contribution in [0, 0.1) is 23.2 Å². The maximum Gasteiger partial charge on any atom is 0.434 e. The molecule has 1 aromatic carbocycles. The van der Waals surface area contributed by atoms with Crippen molar-refractivity contribution in [2.24, 2.45) is 23.2 Å². The molecular formula is C37H45F3N6O7. The Hall–Kier alpha value is -4.12. The molecule has 7 rings (SSSR count). The Labute approximate surface area is 304 Å². The molecule has 1 saturated heterocycles. The molecule has 10 atom stereocenters. The average Bonchev–Trinajstić information content (AvgIpc) is 3.44. The number of fused-ring (bicyclic) bond motifs is 5. The number of amides is 1. The molecule has 6 N–H and O–H groups in total. The van der Waals surface area contributed by atoms with Crippen LogP contribution in [0.1, 0.15) is 78.7 Å². The zero-order valence-electron chi connectivity index (χ0n) is 29.2. The first-order valence-corrected chi connectivity index (χ1v) is 18.2. The first-order valence-electron chi connectivity index (χ1n) is 18.2. The van der Waals surface area contributed by atoms with Crippen LogP contribution in [0.25, 0.3) is 0 Å². The Kier molecular flexibility index (Phi) is 10.5. The summed E-state index contributed by atoms with van der Waals surface area (Å²) < 4.78 is 50.1. The Morgan fingerprint density at radius 2 is 1.91 bits per heavy atom. The van der Waals surface area contributed by atoms with E-state index in [4.69, 9.17) is 9.47 Å². The first-order chi connectivity index (χ1) is 25.3. The van der Waals surface area contributed by atoms with Gasteiger partial charge in [0.15, 0.2) is 5.69 Å². The largest absolute Gasteiger partial charge is 0.508 e. The van der Waals surface area contributed by atoms with E-state index in [0.29, 0.717) is 36.4 Å². The quantitative estimate of drug-likeness (QED) is 0.166. The molecule has 16 heteroatoms. The van der Waals surface area contributed by atoms with Crippen LogP contribution in [0.15, 0.2) is 43.0 Å². The molecule has 3 heterocycles. The number of aromatic nitrogens is 4. The lowest BCUT2D eigenvalue weighted by Crippen LogP contribution is -2.57. The molecular weight excluding hydrogens is 697 g/mol. The molecule has 2 aromatic heterocycles. The fraction of sp³-hybridized carbons (Fsp3) is 0.595. The number of carbonyl (C=O) groups is 1. The van der Waals surface area contributed by atoms with Crippen molar-refractivity contribution in [1.29, 1.82) is 0 Å². The van der Waals surface area contributed by atoms with E-state index < -0.39 is 36.2 Å². The van der Waals surface area contributed by atoms with Crippen LogP contribution in [-0.2, 0) is 17.3 Å². The van der Waals surface area contributed by atoms with E-state index in [9.17, 15) is 38.4 Å². The molecule has 3 aromatic rings. The van der Waals surface area contributed by atoms with Crippen molar-refractivity contribution >= 4 is 11.7 Å². The van der Waals surface area contributed by atoms with Crippen molar-refractivity contribution in [1.82, 2.24) is 25.3 Å². The summed E-state index contributed by atoms with van der Waals surface area (Å²) in [5, 5.41) is 47.9. The van der Waals surface area contributed by atoms with Gasteiger partial charge in [-0.1, -0.05) is 13.0 Å². The van der Waals surface area contributed by atoms with Crippen molar-refractivity contribution in [3.8, 4) is 11.6 Å². The number of halogens is 3. The molecule has 0 spiro atoms. The van der Waals surface area contributed by atoms with Gasteiger partial charge in [-0.2, -0.15) is 13.2 Å². The van der Waals surface area contributed by atoms with Crippen LogP contribution in [0.4, 0.5) is 19.0 Å². The fourth-order valence-electron chi connectivity index (χ4n) is 9.28. The Bertz CT molecular complexity index is 1770. The third kappa shape index (κ3) is 7.64. The predicted molar refractivity (Wildman–Crippen MR) is 183 cm³/mol. The minimum absolute atomic E-state index is 0.0565. The lowest BCUT2D eigenvalue weighted by atomic mass is 9.52. The number of nitrogens with zero attached hydrogens (tertiary/aromatic N) is 4. The highest BCUT2D eigenvalue weighted by atomic mass is 19.4. The molecule has 0 radical (unpaired) electrons. The summed E-state index contributed by atoms with van der Waals surface area (Å²) in [5.41, 5.74) is 1.35. The van der Waals surface area contributed by atoms with Crippen molar-refractivity contribution in [2.45, 2.75) is 94.4 Å². The van der Waals surface area contributed by atoms with Gasteiger partial charge in [-0.05, 0) is 97.3 Å².